The molecule has 5 unspecified atom stereocenters. The zero-order valence-corrected chi connectivity index (χ0v) is 23.0. The number of piperazine rings is 1. The summed E-state index contributed by atoms with van der Waals surface area (Å²) >= 11 is 0. The van der Waals surface area contributed by atoms with Crippen LogP contribution < -0.4 is 27.4 Å². The molecule has 5 aliphatic rings. The number of nitrogens with zero attached hydrogens (tertiary/aromatic N) is 2. The van der Waals surface area contributed by atoms with Crippen LogP contribution in [0.15, 0.2) is 12.3 Å². The molecule has 38 heavy (non-hydrogen) atoms. The van der Waals surface area contributed by atoms with Crippen molar-refractivity contribution in [2.75, 3.05) is 52.4 Å². The fourth-order valence-corrected chi connectivity index (χ4v) is 7.98. The van der Waals surface area contributed by atoms with Crippen LogP contribution in [0.2, 0.25) is 0 Å². The number of hydrogen-bond donors (Lipinski definition) is 5. The first-order chi connectivity index (χ1) is 18.3. The third-order valence-electron chi connectivity index (χ3n) is 10.1. The van der Waals surface area contributed by atoms with Crippen molar-refractivity contribution in [2.24, 2.45) is 22.8 Å². The summed E-state index contributed by atoms with van der Waals surface area (Å²) in [6, 6.07) is 0.362. The third-order valence-corrected chi connectivity index (χ3v) is 10.1. The average Bonchev–Trinajstić information content (AvgIpc) is 3.55. The Labute approximate surface area is 227 Å². The van der Waals surface area contributed by atoms with Crippen LogP contribution in [0, 0.1) is 11.3 Å². The monoisotopic (exact) mass is 535 g/mol. The van der Waals surface area contributed by atoms with Crippen LogP contribution in [0.5, 0.6) is 0 Å². The molecular formula is C28H50FN7O2. The Morgan fingerprint density at radius 3 is 2.50 bits per heavy atom. The van der Waals surface area contributed by atoms with Gasteiger partial charge in [-0.15, -0.1) is 0 Å². The van der Waals surface area contributed by atoms with E-state index in [-0.39, 0.29) is 36.0 Å². The Hall–Kier alpha value is -1.30. The van der Waals surface area contributed by atoms with Gasteiger partial charge in [0.25, 0.3) is 0 Å². The van der Waals surface area contributed by atoms with E-state index in [2.05, 4.69) is 32.3 Å². The summed E-state index contributed by atoms with van der Waals surface area (Å²) in [5.41, 5.74) is 12.7. The molecule has 4 heterocycles. The molecule has 0 aromatic heterocycles. The molecule has 216 valence electrons. The first-order valence-electron chi connectivity index (χ1n) is 15.0. The first-order valence-corrected chi connectivity index (χ1v) is 15.0. The van der Waals surface area contributed by atoms with E-state index in [0.29, 0.717) is 12.5 Å². The maximum Gasteiger partial charge on any atom is 0.227 e. The minimum Gasteiger partial charge on any atom is -0.497 e. The molecule has 6 atom stereocenters. The quantitative estimate of drug-likeness (QED) is 0.315. The maximum atomic E-state index is 14.6. The van der Waals surface area contributed by atoms with E-state index < -0.39 is 18.3 Å². The maximum absolute atomic E-state index is 14.6. The first kappa shape index (κ1) is 28.2. The molecule has 0 aromatic carbocycles. The number of piperidine rings is 1. The van der Waals surface area contributed by atoms with Crippen molar-refractivity contribution < 1.29 is 13.9 Å². The van der Waals surface area contributed by atoms with Crippen molar-refractivity contribution in [3.63, 3.8) is 0 Å². The van der Waals surface area contributed by atoms with Gasteiger partial charge >= 0.3 is 0 Å². The topological polar surface area (TPSA) is 121 Å². The minimum absolute atomic E-state index is 0.0169. The molecule has 1 aliphatic carbocycles. The second-order valence-electron chi connectivity index (χ2n) is 12.5. The van der Waals surface area contributed by atoms with Gasteiger partial charge in [-0.2, -0.15) is 0 Å². The van der Waals surface area contributed by atoms with Crippen molar-refractivity contribution in [3.05, 3.63) is 12.3 Å². The highest BCUT2D eigenvalue weighted by molar-refractivity contribution is 5.80. The summed E-state index contributed by atoms with van der Waals surface area (Å²) in [6.07, 6.45) is 7.20. The average molecular weight is 536 g/mol. The van der Waals surface area contributed by atoms with E-state index in [0.717, 1.165) is 90.2 Å². The molecule has 4 aliphatic heterocycles. The molecule has 9 nitrogen and oxygen atoms in total. The van der Waals surface area contributed by atoms with Crippen LogP contribution in [-0.4, -0.2) is 105 Å². The number of carbonyl (C=O) groups is 1. The number of carbonyl (C=O) groups excluding carboxylic acids is 1. The van der Waals surface area contributed by atoms with Gasteiger partial charge in [0.1, 0.15) is 11.9 Å². The number of nitrogens with one attached hydrogen (secondary N) is 3. The molecule has 0 radical (unpaired) electrons. The third kappa shape index (κ3) is 6.36. The van der Waals surface area contributed by atoms with Crippen molar-refractivity contribution in [1.82, 2.24) is 25.8 Å². The van der Waals surface area contributed by atoms with E-state index in [1.165, 1.54) is 12.8 Å². The van der Waals surface area contributed by atoms with Crippen LogP contribution in [0.25, 0.3) is 0 Å². The fraction of sp³-hybridized carbons (Fsp3) is 0.893. The molecule has 5 rings (SSSR count). The predicted octanol–water partition coefficient (Wildman–Crippen LogP) is 0.654. The number of nitrogens with two attached hydrogens (primary N) is 2. The Morgan fingerprint density at radius 1 is 1.08 bits per heavy atom. The molecule has 5 fully saturated rings. The summed E-state index contributed by atoms with van der Waals surface area (Å²) in [6.45, 7) is 10.7. The molecule has 10 heteroatoms. The largest absolute Gasteiger partial charge is 0.497 e. The molecule has 0 bridgehead atoms. The van der Waals surface area contributed by atoms with Crippen LogP contribution in [0.4, 0.5) is 4.39 Å². The van der Waals surface area contributed by atoms with Gasteiger partial charge in [0.2, 0.25) is 5.91 Å². The molecule has 4 saturated heterocycles. The van der Waals surface area contributed by atoms with Crippen molar-refractivity contribution in [3.8, 4) is 0 Å². The highest BCUT2D eigenvalue weighted by Gasteiger charge is 2.44. The van der Waals surface area contributed by atoms with Gasteiger partial charge in [0.05, 0.1) is 30.8 Å². The molecule has 7 N–H and O–H groups in total. The summed E-state index contributed by atoms with van der Waals surface area (Å²) < 4.78 is 20.2. The Balaban J connectivity index is 1.23. The zero-order valence-electron chi connectivity index (χ0n) is 23.0. The lowest BCUT2D eigenvalue weighted by atomic mass is 9.72. The van der Waals surface area contributed by atoms with E-state index in [9.17, 15) is 9.18 Å². The van der Waals surface area contributed by atoms with Crippen molar-refractivity contribution in [1.29, 1.82) is 0 Å². The van der Waals surface area contributed by atoms with Gasteiger partial charge in [-0.3, -0.25) is 14.6 Å². The van der Waals surface area contributed by atoms with Crippen molar-refractivity contribution in [2.45, 2.75) is 94.3 Å². The highest BCUT2D eigenvalue weighted by atomic mass is 19.1. The van der Waals surface area contributed by atoms with Gasteiger partial charge in [-0.25, -0.2) is 4.39 Å². The summed E-state index contributed by atoms with van der Waals surface area (Å²) in [7, 11) is 0. The predicted molar refractivity (Wildman–Crippen MR) is 147 cm³/mol. The van der Waals surface area contributed by atoms with Crippen LogP contribution in [-0.2, 0) is 9.53 Å². The minimum atomic E-state index is -0.897. The van der Waals surface area contributed by atoms with E-state index in [4.69, 9.17) is 16.2 Å². The van der Waals surface area contributed by atoms with Crippen LogP contribution >= 0.6 is 0 Å². The van der Waals surface area contributed by atoms with Gasteiger partial charge in [0.15, 0.2) is 0 Å². The molecule has 0 aromatic rings. The van der Waals surface area contributed by atoms with Gasteiger partial charge < -0.3 is 32.2 Å². The Bertz CT molecular complexity index is 815. The second kappa shape index (κ2) is 12.5. The number of alkyl halides is 1. The standard InChI is InChI=1S/C28H50FN7O2/c1-19-23(6-15-38-19)35-11-13-36(14-12-35)24-5-10-32-18-22(24)34-27(37)25(26(30)31)21-16-28(7-2-3-8-28)9-4-20(29)17-33-21/h20-26,32-33H,1-18,30-31H2,(H,34,37)/t20?,21?,22?,23-,24?,25?/m0/s1. The number of rotatable bonds is 6. The number of halogens is 1. The van der Waals surface area contributed by atoms with Crippen LogP contribution in [0.1, 0.15) is 57.8 Å². The molecular weight excluding hydrogens is 485 g/mol. The van der Waals surface area contributed by atoms with E-state index in [1.807, 2.05) is 0 Å². The Morgan fingerprint density at radius 2 is 1.82 bits per heavy atom. The fourth-order valence-electron chi connectivity index (χ4n) is 7.98. The second-order valence-corrected chi connectivity index (χ2v) is 12.5. The smallest absolute Gasteiger partial charge is 0.227 e. The lowest BCUT2D eigenvalue weighted by Crippen LogP contribution is -2.66. The van der Waals surface area contributed by atoms with E-state index in [1.54, 1.807) is 0 Å². The molecule has 1 saturated carbocycles. The summed E-state index contributed by atoms with van der Waals surface area (Å²) in [5, 5.41) is 10.2. The lowest BCUT2D eigenvalue weighted by Gasteiger charge is -2.46. The van der Waals surface area contributed by atoms with Crippen LogP contribution in [0.3, 0.4) is 0 Å². The number of amides is 1. The van der Waals surface area contributed by atoms with Gasteiger partial charge in [-0.05, 0) is 50.5 Å². The molecule has 1 spiro atoms. The zero-order chi connectivity index (χ0) is 26.7. The molecule has 1 amide bonds. The van der Waals surface area contributed by atoms with Crippen molar-refractivity contribution >= 4 is 5.91 Å². The normalized spacial score (nSPS) is 36.1. The summed E-state index contributed by atoms with van der Waals surface area (Å²) in [4.78, 5) is 18.9. The summed E-state index contributed by atoms with van der Waals surface area (Å²) in [5.74, 6) is 0.208. The lowest BCUT2D eigenvalue weighted by molar-refractivity contribution is -0.128. The number of hydrogen-bond acceptors (Lipinski definition) is 8. The number of ether oxygens (including phenoxy) is 1. The van der Waals surface area contributed by atoms with Gasteiger partial charge in [0, 0.05) is 57.8 Å². The SMILES string of the molecule is C=C1OCC[C@@H]1N1CCN(C2CCNCC2NC(=O)C(C(N)N)C2CC3(CCCC3)CCC(F)CN2)CC1. The van der Waals surface area contributed by atoms with E-state index >= 15 is 0 Å². The Kier molecular flexibility index (Phi) is 9.27. The highest BCUT2D eigenvalue weighted by Crippen LogP contribution is 2.47. The van der Waals surface area contributed by atoms with Gasteiger partial charge in [-0.1, -0.05) is 19.4 Å².